The van der Waals surface area contributed by atoms with Crippen LogP contribution in [0.3, 0.4) is 0 Å². The molecule has 0 aliphatic heterocycles. The molecule has 6 nitrogen and oxygen atoms in total. The van der Waals surface area contributed by atoms with Crippen molar-refractivity contribution in [2.45, 2.75) is 24.8 Å². The van der Waals surface area contributed by atoms with Crippen molar-refractivity contribution in [1.82, 2.24) is 15.1 Å². The molecule has 0 amide bonds. The lowest BCUT2D eigenvalue weighted by Crippen LogP contribution is -2.44. The van der Waals surface area contributed by atoms with Gasteiger partial charge in [-0.25, -0.2) is 4.98 Å². The molecule has 0 spiro atoms. The molecule has 2 heterocycles. The van der Waals surface area contributed by atoms with Crippen molar-refractivity contribution in [2.75, 3.05) is 0 Å². The van der Waals surface area contributed by atoms with Crippen LogP contribution in [0.4, 0.5) is 0 Å². The average molecular weight is 282 g/mol. The fraction of sp³-hybridized carbons (Fsp3) is 0.267. The van der Waals surface area contributed by atoms with E-state index in [1.54, 1.807) is 12.2 Å². The first-order chi connectivity index (χ1) is 10.2. The first-order valence-electron chi connectivity index (χ1n) is 6.90. The highest BCUT2D eigenvalue weighted by molar-refractivity contribution is 5.75. The summed E-state index contributed by atoms with van der Waals surface area (Å²) in [5.41, 5.74) is 7.31. The number of oxazole rings is 1. The van der Waals surface area contributed by atoms with Crippen LogP contribution < -0.4 is 5.73 Å². The van der Waals surface area contributed by atoms with Crippen LogP contribution in [0.25, 0.3) is 23.3 Å². The van der Waals surface area contributed by atoms with E-state index in [2.05, 4.69) is 15.1 Å². The number of para-hydroxylation sites is 2. The highest BCUT2D eigenvalue weighted by Gasteiger charge is 2.38. The first kappa shape index (κ1) is 12.3. The first-order valence-corrected chi connectivity index (χ1v) is 6.90. The smallest absolute Gasteiger partial charge is 0.250 e. The third-order valence-corrected chi connectivity index (χ3v) is 3.81. The lowest BCUT2D eigenvalue weighted by atomic mass is 9.77. The van der Waals surface area contributed by atoms with Crippen LogP contribution >= 0.6 is 0 Å². The summed E-state index contributed by atoms with van der Waals surface area (Å²) in [7, 11) is 0. The van der Waals surface area contributed by atoms with Gasteiger partial charge in [0.25, 0.3) is 5.89 Å². The van der Waals surface area contributed by atoms with Crippen molar-refractivity contribution in [3.63, 3.8) is 0 Å². The van der Waals surface area contributed by atoms with Gasteiger partial charge in [-0.1, -0.05) is 17.3 Å². The minimum atomic E-state index is -0.410. The van der Waals surface area contributed by atoms with E-state index in [1.807, 2.05) is 24.3 Å². The molecule has 0 unspecified atom stereocenters. The van der Waals surface area contributed by atoms with Gasteiger partial charge in [0.2, 0.25) is 5.89 Å². The van der Waals surface area contributed by atoms with E-state index in [9.17, 15) is 0 Å². The number of hydrogen-bond donors (Lipinski definition) is 1. The van der Waals surface area contributed by atoms with Crippen molar-refractivity contribution < 1.29 is 8.94 Å². The number of nitrogens with zero attached hydrogens (tertiary/aromatic N) is 3. The zero-order chi connectivity index (χ0) is 14.3. The largest absolute Gasteiger partial charge is 0.437 e. The molecule has 1 aliphatic rings. The Morgan fingerprint density at radius 1 is 1.10 bits per heavy atom. The standard InChI is InChI=1S/C15H14N4O2/c16-15(8-3-9-15)14-18-13(21-19-14)7-6-12-17-10-4-1-2-5-11(10)20-12/h1-2,4-7H,3,8-9,16H2/b7-6+. The average Bonchev–Trinajstić information content (AvgIpc) is 3.09. The molecule has 0 bridgehead atoms. The van der Waals surface area contributed by atoms with Gasteiger partial charge in [-0.2, -0.15) is 4.98 Å². The number of aromatic nitrogens is 3. The Balaban J connectivity index is 1.57. The van der Waals surface area contributed by atoms with Crippen LogP contribution in [0.5, 0.6) is 0 Å². The normalized spacial score (nSPS) is 17.4. The summed E-state index contributed by atoms with van der Waals surface area (Å²) >= 11 is 0. The number of fused-ring (bicyclic) bond motifs is 1. The quantitative estimate of drug-likeness (QED) is 0.794. The number of rotatable bonds is 3. The SMILES string of the molecule is NC1(c2noc(/C=C/c3nc4ccccc4o3)n2)CCC1. The molecule has 0 radical (unpaired) electrons. The molecular formula is C15H14N4O2. The van der Waals surface area contributed by atoms with E-state index in [-0.39, 0.29) is 0 Å². The Bertz CT molecular complexity index is 781. The van der Waals surface area contributed by atoms with Gasteiger partial charge in [-0.05, 0) is 31.4 Å². The molecule has 4 rings (SSSR count). The van der Waals surface area contributed by atoms with Crippen molar-refractivity contribution in [3.8, 4) is 0 Å². The third kappa shape index (κ3) is 2.13. The molecule has 1 aromatic carbocycles. The van der Waals surface area contributed by atoms with Crippen LogP contribution in [0, 0.1) is 0 Å². The molecule has 1 aliphatic carbocycles. The molecule has 6 heteroatoms. The highest BCUT2D eigenvalue weighted by atomic mass is 16.5. The van der Waals surface area contributed by atoms with Gasteiger partial charge in [0, 0.05) is 12.2 Å². The molecule has 2 N–H and O–H groups in total. The summed E-state index contributed by atoms with van der Waals surface area (Å²) in [6, 6.07) is 7.60. The zero-order valence-electron chi connectivity index (χ0n) is 11.3. The summed E-state index contributed by atoms with van der Waals surface area (Å²) in [5.74, 6) is 1.48. The van der Waals surface area contributed by atoms with Crippen molar-refractivity contribution in [2.24, 2.45) is 5.73 Å². The Kier molecular flexibility index (Phi) is 2.65. The fourth-order valence-electron chi connectivity index (χ4n) is 2.39. The van der Waals surface area contributed by atoms with E-state index in [1.165, 1.54) is 0 Å². The number of nitrogens with two attached hydrogens (primary N) is 1. The number of hydrogen-bond acceptors (Lipinski definition) is 6. The predicted molar refractivity (Wildman–Crippen MR) is 77.0 cm³/mol. The number of benzene rings is 1. The maximum absolute atomic E-state index is 6.16. The van der Waals surface area contributed by atoms with E-state index < -0.39 is 5.54 Å². The fourth-order valence-corrected chi connectivity index (χ4v) is 2.39. The Labute approximate surface area is 120 Å². The molecule has 21 heavy (non-hydrogen) atoms. The van der Waals surface area contributed by atoms with Gasteiger partial charge in [0.05, 0.1) is 5.54 Å². The van der Waals surface area contributed by atoms with Crippen LogP contribution in [-0.2, 0) is 5.54 Å². The predicted octanol–water partition coefficient (Wildman–Crippen LogP) is 2.72. The second-order valence-corrected chi connectivity index (χ2v) is 5.32. The molecule has 106 valence electrons. The van der Waals surface area contributed by atoms with Gasteiger partial charge in [-0.3, -0.25) is 0 Å². The topological polar surface area (TPSA) is 91.0 Å². The maximum Gasteiger partial charge on any atom is 0.250 e. The second-order valence-electron chi connectivity index (χ2n) is 5.32. The van der Waals surface area contributed by atoms with Crippen LogP contribution in [-0.4, -0.2) is 15.1 Å². The lowest BCUT2D eigenvalue weighted by molar-refractivity contribution is 0.229. The molecule has 1 saturated carbocycles. The maximum atomic E-state index is 6.16. The van der Waals surface area contributed by atoms with Crippen LogP contribution in [0.2, 0.25) is 0 Å². The second kappa shape index (κ2) is 4.53. The highest BCUT2D eigenvalue weighted by Crippen LogP contribution is 2.36. The van der Waals surface area contributed by atoms with Crippen LogP contribution in [0.15, 0.2) is 33.2 Å². The van der Waals surface area contributed by atoms with E-state index >= 15 is 0 Å². The van der Waals surface area contributed by atoms with Crippen molar-refractivity contribution in [1.29, 1.82) is 0 Å². The lowest BCUT2D eigenvalue weighted by Gasteiger charge is -2.34. The van der Waals surface area contributed by atoms with Crippen molar-refractivity contribution in [3.05, 3.63) is 41.9 Å². The monoisotopic (exact) mass is 282 g/mol. The Morgan fingerprint density at radius 3 is 2.67 bits per heavy atom. The van der Waals surface area contributed by atoms with Gasteiger partial charge < -0.3 is 14.7 Å². The molecule has 2 aromatic heterocycles. The summed E-state index contributed by atoms with van der Waals surface area (Å²) in [6.07, 6.45) is 6.31. The van der Waals surface area contributed by atoms with E-state index in [0.717, 1.165) is 30.4 Å². The van der Waals surface area contributed by atoms with Gasteiger partial charge in [0.15, 0.2) is 11.4 Å². The summed E-state index contributed by atoms with van der Waals surface area (Å²) in [5, 5.41) is 3.95. The van der Waals surface area contributed by atoms with Crippen molar-refractivity contribution >= 4 is 23.3 Å². The zero-order valence-corrected chi connectivity index (χ0v) is 11.3. The molecule has 1 fully saturated rings. The van der Waals surface area contributed by atoms with Crippen LogP contribution in [0.1, 0.15) is 36.9 Å². The molecular weight excluding hydrogens is 268 g/mol. The minimum absolute atomic E-state index is 0.406. The molecule has 0 saturated heterocycles. The summed E-state index contributed by atoms with van der Waals surface area (Å²) in [4.78, 5) is 8.66. The van der Waals surface area contributed by atoms with Gasteiger partial charge in [0.1, 0.15) is 5.52 Å². The minimum Gasteiger partial charge on any atom is -0.437 e. The Morgan fingerprint density at radius 2 is 1.90 bits per heavy atom. The van der Waals surface area contributed by atoms with E-state index in [4.69, 9.17) is 14.7 Å². The summed E-state index contributed by atoms with van der Waals surface area (Å²) < 4.78 is 10.8. The summed E-state index contributed by atoms with van der Waals surface area (Å²) in [6.45, 7) is 0. The molecule has 3 aromatic rings. The van der Waals surface area contributed by atoms with Gasteiger partial charge >= 0.3 is 0 Å². The van der Waals surface area contributed by atoms with Gasteiger partial charge in [-0.15, -0.1) is 0 Å². The Hall–Kier alpha value is -2.47. The molecule has 0 atom stereocenters. The third-order valence-electron chi connectivity index (χ3n) is 3.81. The van der Waals surface area contributed by atoms with E-state index in [0.29, 0.717) is 17.6 Å².